The van der Waals surface area contributed by atoms with Crippen molar-refractivity contribution in [2.45, 2.75) is 63.4 Å². The van der Waals surface area contributed by atoms with E-state index in [2.05, 4.69) is 12.1 Å². The lowest BCUT2D eigenvalue weighted by Gasteiger charge is -2.39. The molecule has 1 aliphatic heterocycles. The first-order valence-electron chi connectivity index (χ1n) is 11.2. The van der Waals surface area contributed by atoms with Crippen molar-refractivity contribution in [3.05, 3.63) is 53.6 Å². The molecule has 0 bridgehead atoms. The van der Waals surface area contributed by atoms with Crippen molar-refractivity contribution in [1.82, 2.24) is 0 Å². The van der Waals surface area contributed by atoms with Gasteiger partial charge in [0.1, 0.15) is 18.1 Å². The lowest BCUT2D eigenvalue weighted by molar-refractivity contribution is -0.132. The number of hydrogen-bond donors (Lipinski definition) is 0. The molecule has 0 aromatic heterocycles. The summed E-state index contributed by atoms with van der Waals surface area (Å²) in [5, 5.41) is 0. The molecule has 6 heteroatoms. The van der Waals surface area contributed by atoms with Gasteiger partial charge in [0.05, 0.1) is 17.4 Å². The Morgan fingerprint density at radius 3 is 2.53 bits per heavy atom. The minimum atomic E-state index is -0.883. The highest BCUT2D eigenvalue weighted by Crippen LogP contribution is 2.42. The molecule has 6 nitrogen and oxygen atoms in total. The van der Waals surface area contributed by atoms with Crippen molar-refractivity contribution < 1.29 is 23.7 Å². The number of rotatable bonds is 6. The fourth-order valence-corrected chi connectivity index (χ4v) is 4.78. The summed E-state index contributed by atoms with van der Waals surface area (Å²) in [6.07, 6.45) is 4.13. The molecule has 2 aromatic carbocycles. The highest BCUT2D eigenvalue weighted by Gasteiger charge is 2.39. The van der Waals surface area contributed by atoms with Crippen molar-refractivity contribution in [2.75, 3.05) is 26.2 Å². The monoisotopic (exact) mass is 439 g/mol. The molecule has 0 radical (unpaired) electrons. The van der Waals surface area contributed by atoms with E-state index in [0.717, 1.165) is 48.2 Å². The minimum Gasteiger partial charge on any atom is -0.489 e. The first kappa shape index (κ1) is 22.6. The lowest BCUT2D eigenvalue weighted by atomic mass is 9.78. The lowest BCUT2D eigenvalue weighted by Crippen LogP contribution is -2.50. The number of carbonyl (C=O) groups excluding carboxylic acids is 1. The highest BCUT2D eigenvalue weighted by molar-refractivity contribution is 6.01. The number of benzene rings is 2. The second-order valence-corrected chi connectivity index (χ2v) is 9.23. The van der Waals surface area contributed by atoms with E-state index in [9.17, 15) is 4.79 Å². The average molecular weight is 440 g/mol. The molecule has 1 saturated carbocycles. The van der Waals surface area contributed by atoms with Gasteiger partial charge >= 0.3 is 0 Å². The van der Waals surface area contributed by atoms with Gasteiger partial charge in [-0.3, -0.25) is 4.79 Å². The number of fused-ring (bicyclic) bond motifs is 1. The number of anilines is 1. The largest absolute Gasteiger partial charge is 0.489 e. The van der Waals surface area contributed by atoms with E-state index in [1.165, 1.54) is 0 Å². The van der Waals surface area contributed by atoms with Crippen LogP contribution in [0.4, 0.5) is 5.69 Å². The number of carbonyl (C=O) groups is 1. The third kappa shape index (κ3) is 4.21. The third-order valence-corrected chi connectivity index (χ3v) is 6.80. The van der Waals surface area contributed by atoms with Gasteiger partial charge in [-0.1, -0.05) is 18.2 Å². The summed E-state index contributed by atoms with van der Waals surface area (Å²) >= 11 is 0. The molecular formula is C26H33NO5. The molecule has 2 aliphatic rings. The van der Waals surface area contributed by atoms with Crippen LogP contribution in [0.1, 0.15) is 50.7 Å². The van der Waals surface area contributed by atoms with Crippen LogP contribution >= 0.6 is 0 Å². The minimum absolute atomic E-state index is 0.0579. The molecular weight excluding hydrogens is 406 g/mol. The number of likely N-dealkylation sites (N-methyl/N-ethyl adjacent to an activating group) is 1. The summed E-state index contributed by atoms with van der Waals surface area (Å²) < 4.78 is 23.6. The quantitative estimate of drug-likeness (QED) is 0.645. The summed E-state index contributed by atoms with van der Waals surface area (Å²) in [5.41, 5.74) is 1.72. The van der Waals surface area contributed by atoms with Crippen LogP contribution in [0.3, 0.4) is 0 Å². The van der Waals surface area contributed by atoms with Gasteiger partial charge in [0, 0.05) is 21.3 Å². The number of methoxy groups -OCH3 is 2. The Morgan fingerprint density at radius 2 is 1.84 bits per heavy atom. The molecule has 32 heavy (non-hydrogen) atoms. The average Bonchev–Trinajstić information content (AvgIpc) is 2.81. The molecule has 0 atom stereocenters. The molecule has 1 heterocycles. The standard InChI is InChI=1S/C26H33NO5/c1-25(2)24(28)27(3)22-10-9-18(15-23(22)32-25)17-31-21-8-6-7-19(16-21)26(30-5)13-11-20(29-4)12-14-26/h6-10,15-16,20H,11-14,17H2,1-5H3/t20-,26+. The summed E-state index contributed by atoms with van der Waals surface area (Å²) in [6.45, 7) is 3.98. The van der Waals surface area contributed by atoms with Gasteiger partial charge in [-0.2, -0.15) is 0 Å². The van der Waals surface area contributed by atoms with Crippen LogP contribution in [0, 0.1) is 0 Å². The maximum atomic E-state index is 12.4. The summed E-state index contributed by atoms with van der Waals surface area (Å²) in [6, 6.07) is 14.0. The number of hydrogen-bond acceptors (Lipinski definition) is 5. The van der Waals surface area contributed by atoms with E-state index in [1.807, 2.05) is 30.3 Å². The van der Waals surface area contributed by atoms with Crippen LogP contribution in [0.25, 0.3) is 0 Å². The zero-order chi connectivity index (χ0) is 22.9. The predicted octanol–water partition coefficient (Wildman–Crippen LogP) is 4.83. The summed E-state index contributed by atoms with van der Waals surface area (Å²) in [5.74, 6) is 1.44. The normalized spacial score (nSPS) is 24.6. The van der Waals surface area contributed by atoms with Gasteiger partial charge in [-0.05, 0) is 74.9 Å². The van der Waals surface area contributed by atoms with Crippen LogP contribution < -0.4 is 14.4 Å². The van der Waals surface area contributed by atoms with Gasteiger partial charge in [0.25, 0.3) is 5.91 Å². The summed E-state index contributed by atoms with van der Waals surface area (Å²) in [4.78, 5) is 14.1. The van der Waals surface area contributed by atoms with Crippen LogP contribution in [-0.4, -0.2) is 38.9 Å². The topological polar surface area (TPSA) is 57.2 Å². The second-order valence-electron chi connectivity index (χ2n) is 9.23. The molecule has 172 valence electrons. The van der Waals surface area contributed by atoms with Gasteiger partial charge in [-0.15, -0.1) is 0 Å². The van der Waals surface area contributed by atoms with E-state index < -0.39 is 5.60 Å². The van der Waals surface area contributed by atoms with Gasteiger partial charge in [-0.25, -0.2) is 0 Å². The fraction of sp³-hybridized carbons (Fsp3) is 0.500. The van der Waals surface area contributed by atoms with Gasteiger partial charge in [0.2, 0.25) is 0 Å². The molecule has 2 aromatic rings. The molecule has 4 rings (SSSR count). The van der Waals surface area contributed by atoms with Crippen molar-refractivity contribution in [2.24, 2.45) is 0 Å². The molecule has 0 N–H and O–H groups in total. The predicted molar refractivity (Wildman–Crippen MR) is 123 cm³/mol. The van der Waals surface area contributed by atoms with Crippen LogP contribution in [0.5, 0.6) is 11.5 Å². The van der Waals surface area contributed by atoms with Crippen molar-refractivity contribution in [1.29, 1.82) is 0 Å². The van der Waals surface area contributed by atoms with Crippen molar-refractivity contribution in [3.8, 4) is 11.5 Å². The highest BCUT2D eigenvalue weighted by atomic mass is 16.5. The molecule has 1 amide bonds. The number of amides is 1. The van der Waals surface area contributed by atoms with E-state index >= 15 is 0 Å². The molecule has 0 spiro atoms. The summed E-state index contributed by atoms with van der Waals surface area (Å²) in [7, 11) is 5.34. The first-order chi connectivity index (χ1) is 15.3. The molecule has 0 saturated heterocycles. The second kappa shape index (κ2) is 8.75. The zero-order valence-electron chi connectivity index (χ0n) is 19.6. The van der Waals surface area contributed by atoms with Crippen LogP contribution in [-0.2, 0) is 26.5 Å². The Kier molecular flexibility index (Phi) is 6.19. The third-order valence-electron chi connectivity index (χ3n) is 6.80. The first-order valence-corrected chi connectivity index (χ1v) is 11.2. The zero-order valence-corrected chi connectivity index (χ0v) is 19.6. The van der Waals surface area contributed by atoms with Gasteiger partial charge < -0.3 is 23.8 Å². The number of nitrogens with zero attached hydrogens (tertiary/aromatic N) is 1. The van der Waals surface area contributed by atoms with E-state index in [-0.39, 0.29) is 11.5 Å². The van der Waals surface area contributed by atoms with E-state index in [1.54, 1.807) is 40.0 Å². The molecule has 1 aliphatic carbocycles. The fourth-order valence-electron chi connectivity index (χ4n) is 4.78. The maximum absolute atomic E-state index is 12.4. The Labute approximate surface area is 190 Å². The Bertz CT molecular complexity index is 978. The Hall–Kier alpha value is -2.57. The number of ether oxygens (including phenoxy) is 4. The molecule has 1 fully saturated rings. The van der Waals surface area contributed by atoms with Crippen molar-refractivity contribution in [3.63, 3.8) is 0 Å². The van der Waals surface area contributed by atoms with Crippen LogP contribution in [0.15, 0.2) is 42.5 Å². The molecule has 0 unspecified atom stereocenters. The van der Waals surface area contributed by atoms with Crippen molar-refractivity contribution >= 4 is 11.6 Å². The SMILES string of the molecule is CO[C@H]1CC[C@](OC)(c2cccc(OCc3ccc4c(c3)OC(C)(C)C(=O)N4C)c2)CC1. The Balaban J connectivity index is 1.48. The van der Waals surface area contributed by atoms with E-state index in [4.69, 9.17) is 18.9 Å². The van der Waals surface area contributed by atoms with Crippen LogP contribution in [0.2, 0.25) is 0 Å². The Morgan fingerprint density at radius 1 is 1.09 bits per heavy atom. The smallest absolute Gasteiger partial charge is 0.270 e. The maximum Gasteiger partial charge on any atom is 0.270 e. The van der Waals surface area contributed by atoms with Gasteiger partial charge in [0.15, 0.2) is 5.60 Å². The van der Waals surface area contributed by atoms with E-state index in [0.29, 0.717) is 18.5 Å².